The van der Waals surface area contributed by atoms with Crippen LogP contribution in [0.25, 0.3) is 0 Å². The number of thiophene rings is 1. The molecule has 2 heterocycles. The Morgan fingerprint density at radius 3 is 2.86 bits per heavy atom. The first-order chi connectivity index (χ1) is 14.0. The maximum atomic E-state index is 12.7. The van der Waals surface area contributed by atoms with Crippen LogP contribution in [0.2, 0.25) is 0 Å². The van der Waals surface area contributed by atoms with Gasteiger partial charge >= 0.3 is 5.97 Å². The van der Waals surface area contributed by atoms with Crippen molar-refractivity contribution >= 4 is 39.8 Å². The number of aryl methyl sites for hydroxylation is 1. The number of carbonyl (C=O) groups is 3. The molecule has 148 valence electrons. The van der Waals surface area contributed by atoms with E-state index >= 15 is 0 Å². The highest BCUT2D eigenvalue weighted by molar-refractivity contribution is 7.16. The van der Waals surface area contributed by atoms with Gasteiger partial charge in [0.15, 0.2) is 6.61 Å². The van der Waals surface area contributed by atoms with Crippen LogP contribution in [-0.4, -0.2) is 36.0 Å². The number of hydrogen-bond acceptors (Lipinski definition) is 6. The number of aromatic carboxylic acids is 1. The number of hydrogen-bond donors (Lipinski definition) is 2. The number of anilines is 2. The summed E-state index contributed by atoms with van der Waals surface area (Å²) in [6, 6.07) is 6.35. The Morgan fingerprint density at radius 1 is 1.31 bits per heavy atom. The number of carboxylic acids is 1. The third-order valence-corrected chi connectivity index (χ3v) is 6.19. The van der Waals surface area contributed by atoms with E-state index in [4.69, 9.17) is 4.74 Å². The second kappa shape index (κ2) is 7.56. The Hall–Kier alpha value is -3.38. The van der Waals surface area contributed by atoms with Gasteiger partial charge in [-0.1, -0.05) is 0 Å². The van der Waals surface area contributed by atoms with Gasteiger partial charge in [0, 0.05) is 4.88 Å². The Morgan fingerprint density at radius 2 is 2.10 bits per heavy atom. The molecule has 9 heteroatoms. The van der Waals surface area contributed by atoms with E-state index in [0.717, 1.165) is 36.1 Å². The van der Waals surface area contributed by atoms with Gasteiger partial charge in [-0.05, 0) is 49.4 Å². The number of nitriles is 1. The first kappa shape index (κ1) is 19.0. The van der Waals surface area contributed by atoms with E-state index in [1.807, 2.05) is 0 Å². The average Bonchev–Trinajstić information content (AvgIpc) is 3.06. The number of nitrogens with one attached hydrogen (secondary N) is 1. The molecule has 0 radical (unpaired) electrons. The van der Waals surface area contributed by atoms with Crippen molar-refractivity contribution in [1.29, 1.82) is 5.26 Å². The van der Waals surface area contributed by atoms with Crippen molar-refractivity contribution in [1.82, 2.24) is 0 Å². The number of fused-ring (bicyclic) bond motifs is 2. The molecule has 1 aromatic carbocycles. The zero-order valence-corrected chi connectivity index (χ0v) is 16.2. The van der Waals surface area contributed by atoms with E-state index in [2.05, 4.69) is 11.4 Å². The van der Waals surface area contributed by atoms with Crippen molar-refractivity contribution in [2.24, 2.45) is 0 Å². The van der Waals surface area contributed by atoms with E-state index in [1.165, 1.54) is 34.4 Å². The molecule has 29 heavy (non-hydrogen) atoms. The molecule has 2 amide bonds. The number of benzene rings is 1. The van der Waals surface area contributed by atoms with Gasteiger partial charge in [-0.3, -0.25) is 14.5 Å². The fourth-order valence-corrected chi connectivity index (χ4v) is 4.85. The van der Waals surface area contributed by atoms with Gasteiger partial charge in [0.25, 0.3) is 5.91 Å². The topological polar surface area (TPSA) is 120 Å². The van der Waals surface area contributed by atoms with Gasteiger partial charge in [0.2, 0.25) is 5.91 Å². The Kier molecular flexibility index (Phi) is 4.94. The lowest BCUT2D eigenvalue weighted by atomic mass is 9.96. The zero-order chi connectivity index (χ0) is 20.5. The highest BCUT2D eigenvalue weighted by atomic mass is 32.1. The molecule has 2 aromatic rings. The second-order valence-electron chi connectivity index (χ2n) is 6.83. The summed E-state index contributed by atoms with van der Waals surface area (Å²) in [7, 11) is 0. The highest BCUT2D eigenvalue weighted by Gasteiger charge is 2.29. The number of carboxylic acid groups (broad SMARTS) is 1. The molecule has 8 nitrogen and oxygen atoms in total. The molecule has 0 spiro atoms. The van der Waals surface area contributed by atoms with Gasteiger partial charge in [-0.25, -0.2) is 4.79 Å². The van der Waals surface area contributed by atoms with Crippen LogP contribution in [0.15, 0.2) is 18.2 Å². The summed E-state index contributed by atoms with van der Waals surface area (Å²) in [5, 5.41) is 22.0. The molecule has 0 bridgehead atoms. The average molecular weight is 411 g/mol. The van der Waals surface area contributed by atoms with E-state index in [-0.39, 0.29) is 24.4 Å². The molecule has 0 saturated heterocycles. The van der Waals surface area contributed by atoms with Gasteiger partial charge < -0.3 is 15.2 Å². The summed E-state index contributed by atoms with van der Waals surface area (Å²) < 4.78 is 5.34. The molecule has 0 unspecified atom stereocenters. The molecule has 1 aliphatic heterocycles. The van der Waals surface area contributed by atoms with Crippen LogP contribution in [0.4, 0.5) is 10.7 Å². The van der Waals surface area contributed by atoms with Crippen molar-refractivity contribution < 1.29 is 24.2 Å². The van der Waals surface area contributed by atoms with Crippen LogP contribution in [0, 0.1) is 11.3 Å². The normalized spacial score (nSPS) is 15.0. The second-order valence-corrected chi connectivity index (χ2v) is 7.94. The molecule has 1 aromatic heterocycles. The molecule has 0 saturated carbocycles. The van der Waals surface area contributed by atoms with Crippen LogP contribution in [0.3, 0.4) is 0 Å². The number of nitrogens with zero attached hydrogens (tertiary/aromatic N) is 2. The van der Waals surface area contributed by atoms with Gasteiger partial charge in [0.05, 0.1) is 16.8 Å². The van der Waals surface area contributed by atoms with Gasteiger partial charge in [-0.2, -0.15) is 5.26 Å². The largest absolute Gasteiger partial charge is 0.482 e. The smallest absolute Gasteiger partial charge is 0.335 e. The van der Waals surface area contributed by atoms with Crippen molar-refractivity contribution in [2.45, 2.75) is 25.7 Å². The predicted molar refractivity (Wildman–Crippen MR) is 106 cm³/mol. The van der Waals surface area contributed by atoms with E-state index in [1.54, 1.807) is 0 Å². The molecule has 2 N–H and O–H groups in total. The van der Waals surface area contributed by atoms with Gasteiger partial charge in [-0.15, -0.1) is 11.3 Å². The van der Waals surface area contributed by atoms with Crippen molar-refractivity contribution in [3.05, 3.63) is 39.8 Å². The predicted octanol–water partition coefficient (Wildman–Crippen LogP) is 2.56. The SMILES string of the molecule is N#Cc1c(NC(=O)CN2C(=O)COc3ccc(C(=O)O)cc32)sc2c1CCCC2. The third-order valence-electron chi connectivity index (χ3n) is 4.99. The Bertz CT molecular complexity index is 1070. The Labute approximate surface area is 170 Å². The summed E-state index contributed by atoms with van der Waals surface area (Å²) in [6.07, 6.45) is 3.82. The molecule has 0 atom stereocenters. The van der Waals surface area contributed by atoms with Crippen molar-refractivity contribution in [2.75, 3.05) is 23.4 Å². The maximum absolute atomic E-state index is 12.7. The van der Waals surface area contributed by atoms with Crippen LogP contribution in [-0.2, 0) is 22.4 Å². The lowest BCUT2D eigenvalue weighted by Crippen LogP contribution is -2.43. The monoisotopic (exact) mass is 411 g/mol. The molecule has 4 rings (SSSR count). The molecule has 1 aliphatic carbocycles. The van der Waals surface area contributed by atoms with Crippen molar-refractivity contribution in [3.63, 3.8) is 0 Å². The fraction of sp³-hybridized carbons (Fsp3) is 0.300. The molecular weight excluding hydrogens is 394 g/mol. The van der Waals surface area contributed by atoms with E-state index < -0.39 is 17.8 Å². The lowest BCUT2D eigenvalue weighted by Gasteiger charge is -2.29. The summed E-state index contributed by atoms with van der Waals surface area (Å²) in [5.41, 5.74) is 1.74. The van der Waals surface area contributed by atoms with Crippen molar-refractivity contribution in [3.8, 4) is 11.8 Å². The first-order valence-electron chi connectivity index (χ1n) is 9.13. The highest BCUT2D eigenvalue weighted by Crippen LogP contribution is 2.38. The minimum Gasteiger partial charge on any atom is -0.482 e. The fourth-order valence-electron chi connectivity index (χ4n) is 3.59. The van der Waals surface area contributed by atoms with Crippen LogP contribution >= 0.6 is 11.3 Å². The van der Waals surface area contributed by atoms with Crippen LogP contribution < -0.4 is 15.0 Å². The number of carbonyl (C=O) groups excluding carboxylic acids is 2. The number of amides is 2. The molecule has 2 aliphatic rings. The standard InChI is InChI=1S/C20H17N3O5S/c21-8-13-12-3-1-2-4-16(12)29-19(13)22-17(24)9-23-14-7-11(20(26)27)5-6-15(14)28-10-18(23)25/h5-7H,1-4,9-10H2,(H,22,24)(H,26,27). The quantitative estimate of drug-likeness (QED) is 0.798. The molecule has 0 fully saturated rings. The van der Waals surface area contributed by atoms with E-state index in [9.17, 15) is 24.8 Å². The zero-order valence-electron chi connectivity index (χ0n) is 15.4. The number of ether oxygens (including phenoxy) is 1. The lowest BCUT2D eigenvalue weighted by molar-refractivity contribution is -0.123. The Balaban J connectivity index is 1.57. The van der Waals surface area contributed by atoms with E-state index in [0.29, 0.717) is 16.3 Å². The minimum absolute atomic E-state index is 0.00911. The first-order valence-corrected chi connectivity index (χ1v) is 9.94. The summed E-state index contributed by atoms with van der Waals surface area (Å²) >= 11 is 1.41. The number of rotatable bonds is 4. The van der Waals surface area contributed by atoms with Crippen LogP contribution in [0.5, 0.6) is 5.75 Å². The maximum Gasteiger partial charge on any atom is 0.335 e. The third kappa shape index (κ3) is 3.54. The summed E-state index contributed by atoms with van der Waals surface area (Å²) in [4.78, 5) is 38.6. The van der Waals surface area contributed by atoms with Gasteiger partial charge in [0.1, 0.15) is 23.4 Å². The summed E-state index contributed by atoms with van der Waals surface area (Å²) in [6.45, 7) is -0.533. The summed E-state index contributed by atoms with van der Waals surface area (Å²) in [5.74, 6) is -1.70. The minimum atomic E-state index is -1.14. The molecular formula is C20H17N3O5S. The van der Waals surface area contributed by atoms with Crippen LogP contribution in [0.1, 0.15) is 39.2 Å².